The minimum Gasteiger partial charge on any atom is -0.449 e. The second-order valence-electron chi connectivity index (χ2n) is 15.8. The Morgan fingerprint density at radius 1 is 0.333 bits per heavy atom. The highest BCUT2D eigenvalue weighted by Crippen LogP contribution is 2.65. The molecule has 11 aromatic rings. The normalized spacial score (nSPS) is 13.4. The van der Waals surface area contributed by atoms with Gasteiger partial charge in [0.25, 0.3) is 0 Å². The summed E-state index contributed by atoms with van der Waals surface area (Å²) in [6.07, 6.45) is 0. The number of para-hydroxylation sites is 2. The van der Waals surface area contributed by atoms with Crippen LogP contribution in [0.25, 0.3) is 75.1 Å². The zero-order chi connectivity index (χ0) is 39.4. The molecule has 1 aliphatic carbocycles. The van der Waals surface area contributed by atoms with Crippen molar-refractivity contribution in [3.63, 3.8) is 0 Å². The fourth-order valence-corrected chi connectivity index (χ4v) is 11.6. The van der Waals surface area contributed by atoms with Gasteiger partial charge in [-0.25, -0.2) is 0 Å². The van der Waals surface area contributed by atoms with Gasteiger partial charge in [0.2, 0.25) is 0 Å². The fraction of sp³-hybridized carbons (Fsp3) is 0.0175. The molecule has 2 nitrogen and oxygen atoms in total. The third-order valence-corrected chi connectivity index (χ3v) is 14.0. The second kappa shape index (κ2) is 12.8. The highest BCUT2D eigenvalue weighted by atomic mass is 32.1. The van der Waals surface area contributed by atoms with Gasteiger partial charge in [-0.1, -0.05) is 182 Å². The van der Waals surface area contributed by atoms with E-state index in [4.69, 9.17) is 9.47 Å². The standard InChI is InChI=1S/C57H34O2S/c1-3-18-35(19-4-1)57(36-20-5-2-6-21-36)46-30-13-11-27-43(46)53-47(57)34-45(54-55(53)59-49-32-15-14-31-48(49)58-54)52-40-25-9-7-23-38(40)51(39-24-8-10-26-41(39)52)44-29-17-28-42-37-22-12-16-33-50(37)60-56(42)44/h1-34H. The van der Waals surface area contributed by atoms with E-state index in [0.717, 1.165) is 44.5 Å². The van der Waals surface area contributed by atoms with Crippen molar-refractivity contribution in [1.29, 1.82) is 0 Å². The number of ether oxygens (including phenoxy) is 2. The number of hydrogen-bond donors (Lipinski definition) is 0. The molecule has 1 aliphatic heterocycles. The third-order valence-electron chi connectivity index (χ3n) is 12.8. The van der Waals surface area contributed by atoms with Gasteiger partial charge in [-0.2, -0.15) is 0 Å². The highest BCUT2D eigenvalue weighted by Gasteiger charge is 2.49. The summed E-state index contributed by atoms with van der Waals surface area (Å²) in [7, 11) is 0. The van der Waals surface area contributed by atoms with Gasteiger partial charge >= 0.3 is 0 Å². The van der Waals surface area contributed by atoms with E-state index in [1.807, 2.05) is 35.6 Å². The first-order valence-corrected chi connectivity index (χ1v) is 21.3. The molecule has 0 fully saturated rings. The molecule has 0 atom stereocenters. The lowest BCUT2D eigenvalue weighted by atomic mass is 9.67. The van der Waals surface area contributed by atoms with Gasteiger partial charge in [0.15, 0.2) is 23.0 Å². The van der Waals surface area contributed by atoms with Crippen LogP contribution in [-0.4, -0.2) is 0 Å². The largest absolute Gasteiger partial charge is 0.449 e. The van der Waals surface area contributed by atoms with Gasteiger partial charge in [-0.15, -0.1) is 11.3 Å². The first-order chi connectivity index (χ1) is 29.8. The van der Waals surface area contributed by atoms with Crippen molar-refractivity contribution >= 4 is 53.1 Å². The van der Waals surface area contributed by atoms with Gasteiger partial charge in [0.1, 0.15) is 0 Å². The third kappa shape index (κ3) is 4.53. The lowest BCUT2D eigenvalue weighted by Crippen LogP contribution is -2.28. The van der Waals surface area contributed by atoms with Gasteiger partial charge < -0.3 is 9.47 Å². The summed E-state index contributed by atoms with van der Waals surface area (Å²) < 4.78 is 16.9. The summed E-state index contributed by atoms with van der Waals surface area (Å²) in [6, 6.07) is 74.7. The Kier molecular flexibility index (Phi) is 7.13. The van der Waals surface area contributed by atoms with Crippen LogP contribution >= 0.6 is 11.3 Å². The first kappa shape index (κ1) is 33.5. The molecule has 0 spiro atoms. The Hall–Kier alpha value is -7.46. The van der Waals surface area contributed by atoms with Crippen LogP contribution in [0, 0.1) is 0 Å². The predicted octanol–water partition coefficient (Wildman–Crippen LogP) is 16.0. The van der Waals surface area contributed by atoms with E-state index >= 15 is 0 Å². The van der Waals surface area contributed by atoms with E-state index in [2.05, 4.69) is 182 Å². The average Bonchev–Trinajstić information content (AvgIpc) is 3.85. The van der Waals surface area contributed by atoms with Crippen LogP contribution in [0.1, 0.15) is 22.3 Å². The molecule has 0 bridgehead atoms. The zero-order valence-corrected chi connectivity index (χ0v) is 33.2. The van der Waals surface area contributed by atoms with Crippen molar-refractivity contribution in [1.82, 2.24) is 0 Å². The van der Waals surface area contributed by atoms with Crippen molar-refractivity contribution in [2.45, 2.75) is 5.41 Å². The van der Waals surface area contributed by atoms with Gasteiger partial charge in [-0.05, 0) is 79.2 Å². The number of fused-ring (bicyclic) bond motifs is 11. The van der Waals surface area contributed by atoms with Crippen LogP contribution < -0.4 is 9.47 Å². The Morgan fingerprint density at radius 2 is 0.817 bits per heavy atom. The molecule has 0 radical (unpaired) electrons. The van der Waals surface area contributed by atoms with E-state index in [9.17, 15) is 0 Å². The maximum absolute atomic E-state index is 7.17. The number of thiophene rings is 1. The Labute approximate surface area is 351 Å². The van der Waals surface area contributed by atoms with Crippen LogP contribution in [0.5, 0.6) is 23.0 Å². The molecule has 280 valence electrons. The van der Waals surface area contributed by atoms with Crippen LogP contribution in [0.2, 0.25) is 0 Å². The van der Waals surface area contributed by atoms with Crippen molar-refractivity contribution < 1.29 is 9.47 Å². The maximum Gasteiger partial charge on any atom is 0.178 e. The predicted molar refractivity (Wildman–Crippen MR) is 249 cm³/mol. The summed E-state index contributed by atoms with van der Waals surface area (Å²) >= 11 is 1.88. The number of benzene rings is 10. The van der Waals surface area contributed by atoms with Gasteiger partial charge in [0.05, 0.1) is 5.41 Å². The van der Waals surface area contributed by atoms with E-state index in [-0.39, 0.29) is 0 Å². The van der Waals surface area contributed by atoms with Gasteiger partial charge in [0, 0.05) is 42.4 Å². The fourth-order valence-electron chi connectivity index (χ4n) is 10.4. The first-order valence-electron chi connectivity index (χ1n) is 20.5. The Morgan fingerprint density at radius 3 is 1.47 bits per heavy atom. The van der Waals surface area contributed by atoms with Crippen LogP contribution in [0.4, 0.5) is 0 Å². The second-order valence-corrected chi connectivity index (χ2v) is 16.9. The molecule has 3 heteroatoms. The molecule has 13 rings (SSSR count). The molecule has 1 aromatic heterocycles. The molecule has 2 heterocycles. The van der Waals surface area contributed by atoms with E-state index in [0.29, 0.717) is 11.5 Å². The number of rotatable bonds is 4. The summed E-state index contributed by atoms with van der Waals surface area (Å²) in [4.78, 5) is 0. The lowest BCUT2D eigenvalue weighted by Gasteiger charge is -2.35. The Bertz CT molecular complexity index is 3450. The summed E-state index contributed by atoms with van der Waals surface area (Å²) in [6.45, 7) is 0. The lowest BCUT2D eigenvalue weighted by molar-refractivity contribution is 0.361. The molecule has 0 unspecified atom stereocenters. The van der Waals surface area contributed by atoms with Crippen molar-refractivity contribution in [3.8, 4) is 56.4 Å². The smallest absolute Gasteiger partial charge is 0.178 e. The molecule has 2 aliphatic rings. The SMILES string of the molecule is c1ccc(C2(c3ccccc3)c3ccccc3-c3c2cc(-c2c4ccccc4c(-c4cccc5c4sc4ccccc45)c4ccccc24)c2c3Oc3ccccc3O2)cc1. The summed E-state index contributed by atoms with van der Waals surface area (Å²) in [5.41, 5.74) is 11.0. The molecule has 0 saturated heterocycles. The van der Waals surface area contributed by atoms with Crippen LogP contribution in [0.3, 0.4) is 0 Å². The van der Waals surface area contributed by atoms with Crippen molar-refractivity contribution in [2.75, 3.05) is 0 Å². The Balaban J connectivity index is 1.20. The summed E-state index contributed by atoms with van der Waals surface area (Å²) in [5.74, 6) is 2.89. The number of hydrogen-bond acceptors (Lipinski definition) is 3. The molecule has 0 N–H and O–H groups in total. The van der Waals surface area contributed by atoms with Crippen LogP contribution in [-0.2, 0) is 5.41 Å². The summed E-state index contributed by atoms with van der Waals surface area (Å²) in [5, 5.41) is 7.31. The molecular formula is C57H34O2S. The van der Waals surface area contributed by atoms with Crippen LogP contribution in [0.15, 0.2) is 206 Å². The van der Waals surface area contributed by atoms with Gasteiger partial charge in [-0.3, -0.25) is 0 Å². The monoisotopic (exact) mass is 782 g/mol. The quantitative estimate of drug-likeness (QED) is 0.166. The average molecular weight is 783 g/mol. The van der Waals surface area contributed by atoms with Crippen molar-refractivity contribution in [3.05, 3.63) is 229 Å². The van der Waals surface area contributed by atoms with E-state index in [1.165, 1.54) is 64.3 Å². The zero-order valence-electron chi connectivity index (χ0n) is 32.4. The molecular weight excluding hydrogens is 749 g/mol. The molecule has 0 amide bonds. The maximum atomic E-state index is 7.17. The minimum atomic E-state index is -0.638. The van der Waals surface area contributed by atoms with Crippen molar-refractivity contribution in [2.24, 2.45) is 0 Å². The van der Waals surface area contributed by atoms with E-state index < -0.39 is 5.41 Å². The van der Waals surface area contributed by atoms with E-state index in [1.54, 1.807) is 0 Å². The molecule has 0 saturated carbocycles. The topological polar surface area (TPSA) is 18.5 Å². The molecule has 60 heavy (non-hydrogen) atoms. The minimum absolute atomic E-state index is 0.638. The molecule has 10 aromatic carbocycles. The highest BCUT2D eigenvalue weighted by molar-refractivity contribution is 7.26.